The molecule has 0 saturated carbocycles. The van der Waals surface area contributed by atoms with Gasteiger partial charge in [-0.1, -0.05) is 29.3 Å². The number of nitrogen functional groups attached to an aromatic ring is 2. The van der Waals surface area contributed by atoms with E-state index in [0.29, 0.717) is 26.6 Å². The van der Waals surface area contributed by atoms with E-state index in [1.165, 1.54) is 5.01 Å². The summed E-state index contributed by atoms with van der Waals surface area (Å²) in [5, 5.41) is 13.1. The van der Waals surface area contributed by atoms with Gasteiger partial charge in [-0.05, 0) is 35.9 Å². The molecule has 154 valence electrons. The largest absolute Gasteiger partial charge is 0.481 e. The standard InChI is InChI=1S/C15H12Cl2N6O.C2H4O2.H2O/c16-11-3-2-9(6-12(11)17)23(22-24)7-8-1-4-13-10(5-8)14(18)21-15(19)20-13;1-2(3)4;/h1-6H,7H2,(H4,18,19,20,21);1H3,(H,3,4);1H2. The number of aromatic nitrogens is 2. The normalized spacial score (nSPS) is 9.76. The molecule has 0 aliphatic heterocycles. The number of anilines is 3. The van der Waals surface area contributed by atoms with Crippen molar-refractivity contribution in [3.8, 4) is 0 Å². The van der Waals surface area contributed by atoms with Crippen LogP contribution >= 0.6 is 23.2 Å². The molecular weight excluding hydrogens is 423 g/mol. The van der Waals surface area contributed by atoms with Crippen molar-refractivity contribution >= 4 is 57.5 Å². The average molecular weight is 441 g/mol. The first-order valence-electron chi connectivity index (χ1n) is 7.78. The van der Waals surface area contributed by atoms with Crippen molar-refractivity contribution in [2.75, 3.05) is 16.5 Å². The number of carboxylic acid groups (broad SMARTS) is 1. The first-order valence-corrected chi connectivity index (χ1v) is 8.54. The minimum absolute atomic E-state index is 0. The maximum Gasteiger partial charge on any atom is 0.300 e. The minimum atomic E-state index is -0.833. The number of nitroso groups, excluding NO2 is 1. The summed E-state index contributed by atoms with van der Waals surface area (Å²) in [6.07, 6.45) is 0. The van der Waals surface area contributed by atoms with E-state index >= 15 is 0 Å². The van der Waals surface area contributed by atoms with E-state index in [2.05, 4.69) is 15.3 Å². The Bertz CT molecular complexity index is 1030. The molecule has 12 heteroatoms. The van der Waals surface area contributed by atoms with Crippen molar-refractivity contribution in [1.29, 1.82) is 0 Å². The summed E-state index contributed by atoms with van der Waals surface area (Å²) in [5.74, 6) is -0.445. The second-order valence-corrected chi connectivity index (χ2v) is 6.39. The summed E-state index contributed by atoms with van der Waals surface area (Å²) in [5.41, 5.74) is 13.4. The number of fused-ring (bicyclic) bond motifs is 1. The van der Waals surface area contributed by atoms with Crippen LogP contribution in [-0.2, 0) is 11.3 Å². The number of nitrogens with zero attached hydrogens (tertiary/aromatic N) is 4. The lowest BCUT2D eigenvalue weighted by Gasteiger charge is -2.16. The highest BCUT2D eigenvalue weighted by atomic mass is 35.5. The molecular formula is C17H18Cl2N6O4. The predicted octanol–water partition coefficient (Wildman–Crippen LogP) is 3.06. The highest BCUT2D eigenvalue weighted by Gasteiger charge is 2.11. The Morgan fingerprint density at radius 2 is 1.79 bits per heavy atom. The molecule has 3 aromatic rings. The van der Waals surface area contributed by atoms with Crippen LogP contribution in [0.25, 0.3) is 10.9 Å². The van der Waals surface area contributed by atoms with E-state index in [4.69, 9.17) is 44.6 Å². The maximum absolute atomic E-state index is 11.2. The summed E-state index contributed by atoms with van der Waals surface area (Å²) in [6.45, 7) is 1.31. The monoisotopic (exact) mass is 440 g/mol. The molecule has 0 fully saturated rings. The number of carboxylic acids is 1. The molecule has 7 N–H and O–H groups in total. The van der Waals surface area contributed by atoms with E-state index in [0.717, 1.165) is 12.5 Å². The Morgan fingerprint density at radius 3 is 2.38 bits per heavy atom. The van der Waals surface area contributed by atoms with Crippen LogP contribution in [0.3, 0.4) is 0 Å². The van der Waals surface area contributed by atoms with Gasteiger partial charge in [0, 0.05) is 12.3 Å². The number of hydrogen-bond donors (Lipinski definition) is 3. The van der Waals surface area contributed by atoms with Gasteiger partial charge in [-0.25, -0.2) is 9.99 Å². The van der Waals surface area contributed by atoms with Crippen molar-refractivity contribution in [2.24, 2.45) is 5.29 Å². The summed E-state index contributed by atoms with van der Waals surface area (Å²) in [4.78, 5) is 28.3. The third-order valence-corrected chi connectivity index (χ3v) is 4.18. The maximum atomic E-state index is 11.2. The van der Waals surface area contributed by atoms with Crippen molar-refractivity contribution in [3.05, 3.63) is 56.9 Å². The lowest BCUT2D eigenvalue weighted by atomic mass is 10.1. The highest BCUT2D eigenvalue weighted by Crippen LogP contribution is 2.29. The average Bonchev–Trinajstić information content (AvgIpc) is 2.62. The molecule has 0 spiro atoms. The van der Waals surface area contributed by atoms with Crippen molar-refractivity contribution in [3.63, 3.8) is 0 Å². The number of rotatable bonds is 4. The van der Waals surface area contributed by atoms with Crippen LogP contribution in [0.2, 0.25) is 10.0 Å². The van der Waals surface area contributed by atoms with Gasteiger partial charge in [0.2, 0.25) is 5.95 Å². The van der Waals surface area contributed by atoms with Crippen LogP contribution in [0.4, 0.5) is 17.5 Å². The van der Waals surface area contributed by atoms with Gasteiger partial charge in [0.15, 0.2) is 0 Å². The van der Waals surface area contributed by atoms with E-state index < -0.39 is 5.97 Å². The summed E-state index contributed by atoms with van der Waals surface area (Å²) in [7, 11) is 0. The summed E-state index contributed by atoms with van der Waals surface area (Å²) < 4.78 is 0. The highest BCUT2D eigenvalue weighted by molar-refractivity contribution is 6.42. The Labute approximate surface area is 175 Å². The molecule has 10 nitrogen and oxygen atoms in total. The van der Waals surface area contributed by atoms with Crippen LogP contribution in [0.1, 0.15) is 12.5 Å². The smallest absolute Gasteiger partial charge is 0.300 e. The Kier molecular flexibility index (Phi) is 8.52. The van der Waals surface area contributed by atoms with Crippen LogP contribution in [0.15, 0.2) is 41.7 Å². The summed E-state index contributed by atoms with van der Waals surface area (Å²) >= 11 is 11.9. The Morgan fingerprint density at radius 1 is 1.14 bits per heavy atom. The van der Waals surface area contributed by atoms with Crippen molar-refractivity contribution < 1.29 is 15.4 Å². The van der Waals surface area contributed by atoms with Gasteiger partial charge in [-0.3, -0.25) is 4.79 Å². The van der Waals surface area contributed by atoms with Crippen LogP contribution in [-0.4, -0.2) is 26.5 Å². The van der Waals surface area contributed by atoms with Gasteiger partial charge in [0.05, 0.1) is 33.1 Å². The second-order valence-electron chi connectivity index (χ2n) is 5.58. The van der Waals surface area contributed by atoms with E-state index in [9.17, 15) is 4.91 Å². The quantitative estimate of drug-likeness (QED) is 0.408. The molecule has 0 atom stereocenters. The first-order chi connectivity index (χ1) is 13.2. The summed E-state index contributed by atoms with van der Waals surface area (Å²) in [6, 6.07) is 10.2. The molecule has 0 aliphatic carbocycles. The molecule has 0 aliphatic rings. The second kappa shape index (κ2) is 10.4. The molecule has 3 rings (SSSR count). The van der Waals surface area contributed by atoms with Gasteiger partial charge in [-0.2, -0.15) is 4.98 Å². The molecule has 1 heterocycles. The van der Waals surface area contributed by atoms with Gasteiger partial charge in [0.25, 0.3) is 5.97 Å². The zero-order valence-electron chi connectivity index (χ0n) is 15.1. The fourth-order valence-corrected chi connectivity index (χ4v) is 2.59. The predicted molar refractivity (Wildman–Crippen MR) is 114 cm³/mol. The SMILES string of the molecule is CC(=O)O.Nc1nc(N)c2cc(CN(N=O)c3ccc(Cl)c(Cl)c3)ccc2n1.O. The van der Waals surface area contributed by atoms with Crippen LogP contribution in [0, 0.1) is 4.91 Å². The zero-order valence-corrected chi connectivity index (χ0v) is 16.6. The first kappa shape index (κ1) is 23.8. The zero-order chi connectivity index (χ0) is 20.8. The van der Waals surface area contributed by atoms with Crippen molar-refractivity contribution in [1.82, 2.24) is 9.97 Å². The number of carbonyl (C=O) groups is 1. The third-order valence-electron chi connectivity index (χ3n) is 3.44. The molecule has 0 amide bonds. The van der Waals surface area contributed by atoms with E-state index in [1.807, 2.05) is 6.07 Å². The van der Waals surface area contributed by atoms with E-state index in [1.54, 1.807) is 30.3 Å². The molecule has 2 aromatic carbocycles. The van der Waals surface area contributed by atoms with Gasteiger partial charge in [-0.15, -0.1) is 4.91 Å². The van der Waals surface area contributed by atoms with Crippen LogP contribution in [0.5, 0.6) is 0 Å². The molecule has 1 aromatic heterocycles. The molecule has 0 bridgehead atoms. The lowest BCUT2D eigenvalue weighted by molar-refractivity contribution is -0.134. The van der Waals surface area contributed by atoms with Crippen molar-refractivity contribution in [2.45, 2.75) is 13.5 Å². The molecule has 0 unspecified atom stereocenters. The molecule has 29 heavy (non-hydrogen) atoms. The number of hydrogen-bond acceptors (Lipinski definition) is 7. The number of aliphatic carboxylic acids is 1. The number of benzene rings is 2. The fraction of sp³-hybridized carbons (Fsp3) is 0.118. The Balaban J connectivity index is 0.000000771. The lowest BCUT2D eigenvalue weighted by Crippen LogP contribution is -2.14. The van der Waals surface area contributed by atoms with Crippen LogP contribution < -0.4 is 16.5 Å². The molecule has 0 radical (unpaired) electrons. The molecule has 0 saturated heterocycles. The van der Waals surface area contributed by atoms with Gasteiger partial charge in [0.1, 0.15) is 5.82 Å². The van der Waals surface area contributed by atoms with Gasteiger partial charge >= 0.3 is 0 Å². The third kappa shape index (κ3) is 6.42. The fourth-order valence-electron chi connectivity index (χ4n) is 2.30. The minimum Gasteiger partial charge on any atom is -0.481 e. The topological polar surface area (TPSA) is 179 Å². The Hall–Kier alpha value is -3.21. The van der Waals surface area contributed by atoms with Gasteiger partial charge < -0.3 is 22.1 Å². The number of nitrogens with two attached hydrogens (primary N) is 2. The van der Waals surface area contributed by atoms with E-state index in [-0.39, 0.29) is 23.8 Å². The number of halogens is 2.